The molecule has 0 amide bonds. The van der Waals surface area contributed by atoms with Gasteiger partial charge in [-0.1, -0.05) is 40.8 Å². The van der Waals surface area contributed by atoms with Crippen LogP contribution in [-0.4, -0.2) is 14.5 Å². The van der Waals surface area contributed by atoms with E-state index in [1.54, 1.807) is 10.8 Å². The summed E-state index contributed by atoms with van der Waals surface area (Å²) in [5, 5.41) is 15.2. The van der Waals surface area contributed by atoms with Gasteiger partial charge in [-0.05, 0) is 48.2 Å². The van der Waals surface area contributed by atoms with Crippen molar-refractivity contribution >= 4 is 56.1 Å². The van der Waals surface area contributed by atoms with E-state index in [4.69, 9.17) is 10.2 Å². The third-order valence-corrected chi connectivity index (χ3v) is 6.55. The van der Waals surface area contributed by atoms with Crippen LogP contribution < -0.4 is 16.6 Å². The van der Waals surface area contributed by atoms with Gasteiger partial charge in [0.15, 0.2) is 0 Å². The first-order valence-electron chi connectivity index (χ1n) is 10.5. The standard InChI is InChI=1S/C25H19IN6O2/c1-14(30-23-18(12-27)13-29-25(28)31-23)20-10-16-3-2-4-17(11-26)22(16)24(33)32(20)19-5-6-21-15(9-19)7-8-34-21/h2-10,13-14H,11H2,1H3,(H3,28,29,30,31)/t14-/m0/s1. The summed E-state index contributed by atoms with van der Waals surface area (Å²) in [4.78, 5) is 22.0. The van der Waals surface area contributed by atoms with E-state index in [9.17, 15) is 10.1 Å². The maximum atomic E-state index is 13.9. The van der Waals surface area contributed by atoms with Gasteiger partial charge in [0.2, 0.25) is 5.95 Å². The van der Waals surface area contributed by atoms with E-state index >= 15 is 0 Å². The van der Waals surface area contributed by atoms with Gasteiger partial charge in [-0.15, -0.1) is 0 Å². The van der Waals surface area contributed by atoms with Crippen molar-refractivity contribution in [1.29, 1.82) is 5.26 Å². The number of fused-ring (bicyclic) bond motifs is 2. The van der Waals surface area contributed by atoms with E-state index in [1.807, 2.05) is 55.5 Å². The molecule has 0 bridgehead atoms. The number of halogens is 1. The molecule has 3 aromatic heterocycles. The maximum Gasteiger partial charge on any atom is 0.263 e. The Labute approximate surface area is 208 Å². The van der Waals surface area contributed by atoms with Gasteiger partial charge < -0.3 is 15.5 Å². The Morgan fingerprint density at radius 1 is 1.24 bits per heavy atom. The first-order chi connectivity index (χ1) is 16.5. The van der Waals surface area contributed by atoms with Gasteiger partial charge in [-0.3, -0.25) is 9.36 Å². The van der Waals surface area contributed by atoms with Gasteiger partial charge in [0.25, 0.3) is 5.56 Å². The molecule has 0 saturated carbocycles. The molecule has 5 aromatic rings. The van der Waals surface area contributed by atoms with Crippen molar-refractivity contribution in [2.75, 3.05) is 11.1 Å². The fourth-order valence-electron chi connectivity index (χ4n) is 4.11. The fraction of sp³-hybridized carbons (Fsp3) is 0.120. The van der Waals surface area contributed by atoms with Gasteiger partial charge in [0.05, 0.1) is 23.9 Å². The third kappa shape index (κ3) is 3.76. The number of anilines is 2. The van der Waals surface area contributed by atoms with E-state index in [-0.39, 0.29) is 23.1 Å². The van der Waals surface area contributed by atoms with Crippen LogP contribution in [0, 0.1) is 11.3 Å². The molecule has 5 rings (SSSR count). The predicted molar refractivity (Wildman–Crippen MR) is 140 cm³/mol. The topological polar surface area (TPSA) is 123 Å². The Balaban J connectivity index is 1.75. The Hall–Kier alpha value is -3.91. The Morgan fingerprint density at radius 2 is 2.09 bits per heavy atom. The zero-order valence-corrected chi connectivity index (χ0v) is 20.3. The molecule has 0 aliphatic heterocycles. The number of nitrogens with two attached hydrogens (primary N) is 1. The lowest BCUT2D eigenvalue weighted by atomic mass is 10.0. The van der Waals surface area contributed by atoms with Gasteiger partial charge in [-0.25, -0.2) is 4.98 Å². The lowest BCUT2D eigenvalue weighted by Crippen LogP contribution is -2.26. The summed E-state index contributed by atoms with van der Waals surface area (Å²) in [6.07, 6.45) is 3.00. The quantitative estimate of drug-likeness (QED) is 0.226. The van der Waals surface area contributed by atoms with Crippen LogP contribution in [0.25, 0.3) is 27.4 Å². The molecule has 1 atom stereocenters. The molecule has 3 heterocycles. The van der Waals surface area contributed by atoms with Crippen LogP contribution in [0.3, 0.4) is 0 Å². The second-order valence-corrected chi connectivity index (χ2v) is 8.60. The number of pyridine rings is 1. The summed E-state index contributed by atoms with van der Waals surface area (Å²) in [6, 6.07) is 17.1. The highest BCUT2D eigenvalue weighted by Gasteiger charge is 2.20. The number of nitrogens with zero attached hydrogens (tertiary/aromatic N) is 4. The van der Waals surface area contributed by atoms with E-state index in [0.29, 0.717) is 21.3 Å². The zero-order valence-electron chi connectivity index (χ0n) is 18.1. The van der Waals surface area contributed by atoms with Crippen LogP contribution in [0.15, 0.2) is 70.2 Å². The van der Waals surface area contributed by atoms with Gasteiger partial charge in [-0.2, -0.15) is 10.2 Å². The van der Waals surface area contributed by atoms with E-state index in [0.717, 1.165) is 27.6 Å². The van der Waals surface area contributed by atoms with Crippen molar-refractivity contribution in [2.45, 2.75) is 17.4 Å². The minimum atomic E-state index is -0.387. The van der Waals surface area contributed by atoms with Gasteiger partial charge in [0.1, 0.15) is 23.0 Å². The Kier molecular flexibility index (Phi) is 5.67. The van der Waals surface area contributed by atoms with Crippen LogP contribution in [0.1, 0.15) is 29.8 Å². The minimum Gasteiger partial charge on any atom is -0.464 e. The summed E-state index contributed by atoms with van der Waals surface area (Å²) in [7, 11) is 0. The number of rotatable bonds is 5. The average molecular weight is 562 g/mol. The van der Waals surface area contributed by atoms with Crippen LogP contribution in [0.2, 0.25) is 0 Å². The monoisotopic (exact) mass is 562 g/mol. The number of alkyl halides is 1. The molecule has 0 aliphatic carbocycles. The van der Waals surface area contributed by atoms with E-state index in [2.05, 4.69) is 43.9 Å². The zero-order chi connectivity index (χ0) is 23.8. The Morgan fingerprint density at radius 3 is 2.88 bits per heavy atom. The number of furan rings is 1. The van der Waals surface area contributed by atoms with Crippen LogP contribution >= 0.6 is 22.6 Å². The lowest BCUT2D eigenvalue weighted by molar-refractivity contribution is 0.616. The summed E-state index contributed by atoms with van der Waals surface area (Å²) >= 11 is 2.27. The molecule has 0 radical (unpaired) electrons. The second-order valence-electron chi connectivity index (χ2n) is 7.84. The van der Waals surface area contributed by atoms with Gasteiger partial charge in [0, 0.05) is 21.2 Å². The number of aromatic nitrogens is 3. The molecule has 8 nitrogen and oxygen atoms in total. The average Bonchev–Trinajstić information content (AvgIpc) is 3.31. The molecule has 168 valence electrons. The van der Waals surface area contributed by atoms with Crippen LogP contribution in [-0.2, 0) is 4.43 Å². The van der Waals surface area contributed by atoms with Crippen molar-refractivity contribution in [3.05, 3.63) is 88.2 Å². The highest BCUT2D eigenvalue weighted by atomic mass is 127. The molecule has 0 fully saturated rings. The number of hydrogen-bond acceptors (Lipinski definition) is 7. The summed E-state index contributed by atoms with van der Waals surface area (Å²) in [6.45, 7) is 1.91. The van der Waals surface area contributed by atoms with Crippen molar-refractivity contribution in [2.24, 2.45) is 0 Å². The number of benzene rings is 2. The fourth-order valence-corrected chi connectivity index (χ4v) is 4.75. The van der Waals surface area contributed by atoms with Crippen molar-refractivity contribution in [3.63, 3.8) is 0 Å². The third-order valence-electron chi connectivity index (χ3n) is 5.72. The minimum absolute atomic E-state index is 0.0571. The molecule has 0 unspecified atom stereocenters. The normalized spacial score (nSPS) is 12.0. The lowest BCUT2D eigenvalue weighted by Gasteiger charge is -2.22. The van der Waals surface area contributed by atoms with Crippen molar-refractivity contribution in [3.8, 4) is 11.8 Å². The maximum absolute atomic E-state index is 13.9. The molecule has 9 heteroatoms. The number of hydrogen-bond donors (Lipinski definition) is 2. The molecule has 0 aliphatic rings. The summed E-state index contributed by atoms with van der Waals surface area (Å²) in [5.74, 6) is 0.370. The molecular weight excluding hydrogens is 543 g/mol. The van der Waals surface area contributed by atoms with Crippen LogP contribution in [0.5, 0.6) is 0 Å². The molecule has 3 N–H and O–H groups in total. The predicted octanol–water partition coefficient (Wildman–Crippen LogP) is 5.09. The van der Waals surface area contributed by atoms with E-state index < -0.39 is 0 Å². The first kappa shape index (κ1) is 21.9. The van der Waals surface area contributed by atoms with Crippen LogP contribution in [0.4, 0.5) is 11.8 Å². The number of nitrogens with one attached hydrogen (secondary N) is 1. The molecule has 2 aromatic carbocycles. The molecule has 0 saturated heterocycles. The Bertz CT molecular complexity index is 1650. The summed E-state index contributed by atoms with van der Waals surface area (Å²) in [5.41, 5.74) is 9.06. The smallest absolute Gasteiger partial charge is 0.263 e. The largest absolute Gasteiger partial charge is 0.464 e. The SMILES string of the molecule is C[C@H](Nc1nc(N)ncc1C#N)c1cc2cccc(CI)c2c(=O)n1-c1ccc2occc2c1. The first-order valence-corrected chi connectivity index (χ1v) is 12.0. The highest BCUT2D eigenvalue weighted by molar-refractivity contribution is 14.1. The second kappa shape index (κ2) is 8.79. The van der Waals surface area contributed by atoms with Crippen molar-refractivity contribution < 1.29 is 4.42 Å². The molecular formula is C25H19IN6O2. The van der Waals surface area contributed by atoms with Crippen molar-refractivity contribution in [1.82, 2.24) is 14.5 Å². The summed E-state index contributed by atoms with van der Waals surface area (Å²) < 4.78 is 7.90. The number of nitriles is 1. The van der Waals surface area contributed by atoms with E-state index in [1.165, 1.54) is 6.20 Å². The highest BCUT2D eigenvalue weighted by Crippen LogP contribution is 2.28. The molecule has 0 spiro atoms. The molecule has 34 heavy (non-hydrogen) atoms. The van der Waals surface area contributed by atoms with Gasteiger partial charge >= 0.3 is 0 Å². The number of nitrogen functional groups attached to an aromatic ring is 1.